The number of fused-ring (bicyclic) bond motifs is 1. The number of esters is 1. The maximum atomic E-state index is 12.9. The lowest BCUT2D eigenvalue weighted by molar-refractivity contribution is -0.384. The number of nitrogens with zero attached hydrogens (tertiary/aromatic N) is 2. The molecule has 0 unspecified atom stereocenters. The molecule has 0 heterocycles. The Morgan fingerprint density at radius 1 is 0.949 bits per heavy atom. The molecule has 4 rings (SSSR count). The van der Waals surface area contributed by atoms with E-state index in [1.807, 2.05) is 30.3 Å². The Morgan fingerprint density at radius 2 is 1.72 bits per heavy atom. The lowest BCUT2D eigenvalue weighted by Gasteiger charge is -2.11. The van der Waals surface area contributed by atoms with Crippen LogP contribution in [0.25, 0.3) is 16.8 Å². The van der Waals surface area contributed by atoms with Gasteiger partial charge in [0.15, 0.2) is 11.5 Å². The van der Waals surface area contributed by atoms with Crippen LogP contribution < -0.4 is 19.5 Å². The number of amides is 1. The molecule has 0 fully saturated rings. The Bertz CT molecular complexity index is 1670. The van der Waals surface area contributed by atoms with Crippen molar-refractivity contribution in [2.75, 3.05) is 19.5 Å². The van der Waals surface area contributed by atoms with Crippen LogP contribution in [0.3, 0.4) is 0 Å². The molecule has 0 bridgehead atoms. The van der Waals surface area contributed by atoms with E-state index < -0.39 is 16.8 Å². The van der Waals surface area contributed by atoms with Crippen molar-refractivity contribution in [3.8, 4) is 23.3 Å². The van der Waals surface area contributed by atoms with Gasteiger partial charge in [-0.3, -0.25) is 14.9 Å². The van der Waals surface area contributed by atoms with Gasteiger partial charge in [-0.05, 0) is 52.7 Å². The van der Waals surface area contributed by atoms with Crippen LogP contribution in [0, 0.1) is 21.4 Å². The summed E-state index contributed by atoms with van der Waals surface area (Å²) < 4.78 is 16.0. The molecule has 0 atom stereocenters. The number of methoxy groups -OCH3 is 2. The number of benzene rings is 4. The summed E-state index contributed by atoms with van der Waals surface area (Å²) in [6.45, 7) is 0. The van der Waals surface area contributed by atoms with E-state index in [9.17, 15) is 25.0 Å². The van der Waals surface area contributed by atoms with Crippen molar-refractivity contribution in [1.29, 1.82) is 5.26 Å². The molecule has 1 N–H and O–H groups in total. The summed E-state index contributed by atoms with van der Waals surface area (Å²) in [4.78, 5) is 36.4. The van der Waals surface area contributed by atoms with Crippen LogP contribution in [0.1, 0.15) is 15.9 Å². The maximum absolute atomic E-state index is 12.9. The molecule has 0 radical (unpaired) electrons. The molecule has 0 saturated carbocycles. The third-order valence-electron chi connectivity index (χ3n) is 5.73. The highest BCUT2D eigenvalue weighted by Crippen LogP contribution is 2.32. The van der Waals surface area contributed by atoms with Gasteiger partial charge in [-0.25, -0.2) is 4.79 Å². The standard InChI is InChI=1S/C29H21N3O7/c1-37-21-11-12-24(25(16-21)32(35)36)31-28(33)20(17-30)14-18-10-13-26(27(15-18)38-2)39-29(34)23-9-5-7-19-6-3-4-8-22(19)23/h3-16H,1-2H3,(H,31,33)/b20-14+. The number of nitriles is 1. The topological polar surface area (TPSA) is 141 Å². The Morgan fingerprint density at radius 3 is 2.44 bits per heavy atom. The van der Waals surface area contributed by atoms with Crippen LogP contribution in [-0.4, -0.2) is 31.0 Å². The van der Waals surface area contributed by atoms with E-state index in [-0.39, 0.29) is 34.2 Å². The van der Waals surface area contributed by atoms with Crippen LogP contribution in [0.15, 0.2) is 84.4 Å². The lowest BCUT2D eigenvalue weighted by Crippen LogP contribution is -2.14. The number of hydrogen-bond donors (Lipinski definition) is 1. The summed E-state index contributed by atoms with van der Waals surface area (Å²) in [6.07, 6.45) is 1.28. The van der Waals surface area contributed by atoms with Crippen LogP contribution in [0.5, 0.6) is 17.2 Å². The zero-order chi connectivity index (χ0) is 27.9. The number of rotatable bonds is 8. The zero-order valence-electron chi connectivity index (χ0n) is 20.8. The van der Waals surface area contributed by atoms with Crippen LogP contribution in [-0.2, 0) is 4.79 Å². The summed E-state index contributed by atoms with van der Waals surface area (Å²) in [7, 11) is 2.75. The van der Waals surface area contributed by atoms with E-state index >= 15 is 0 Å². The summed E-state index contributed by atoms with van der Waals surface area (Å²) in [6, 6.07) is 23.0. The average Bonchev–Trinajstić information content (AvgIpc) is 2.96. The van der Waals surface area contributed by atoms with Gasteiger partial charge in [-0.2, -0.15) is 5.26 Å². The molecule has 194 valence electrons. The van der Waals surface area contributed by atoms with Crippen molar-refractivity contribution < 1.29 is 28.7 Å². The minimum absolute atomic E-state index is 0.0970. The Hall–Kier alpha value is -5.69. The monoisotopic (exact) mass is 523 g/mol. The van der Waals surface area contributed by atoms with Crippen LogP contribution in [0.4, 0.5) is 11.4 Å². The molecule has 0 aliphatic rings. The molecule has 0 aromatic heterocycles. The van der Waals surface area contributed by atoms with Crippen molar-refractivity contribution >= 4 is 40.1 Å². The van der Waals surface area contributed by atoms with E-state index in [0.29, 0.717) is 11.1 Å². The smallest absolute Gasteiger partial charge is 0.344 e. The van der Waals surface area contributed by atoms with Crippen LogP contribution in [0.2, 0.25) is 0 Å². The van der Waals surface area contributed by atoms with E-state index in [0.717, 1.165) is 16.8 Å². The van der Waals surface area contributed by atoms with Gasteiger partial charge in [0.05, 0.1) is 30.8 Å². The molecule has 10 heteroatoms. The number of nitro benzene ring substituents is 1. The van der Waals surface area contributed by atoms with Gasteiger partial charge in [0.25, 0.3) is 11.6 Å². The number of anilines is 1. The summed E-state index contributed by atoms with van der Waals surface area (Å²) in [5.74, 6) is -0.850. The highest BCUT2D eigenvalue weighted by molar-refractivity contribution is 6.10. The summed E-state index contributed by atoms with van der Waals surface area (Å²) >= 11 is 0. The minimum Gasteiger partial charge on any atom is -0.496 e. The fraction of sp³-hybridized carbons (Fsp3) is 0.0690. The fourth-order valence-electron chi connectivity index (χ4n) is 3.82. The SMILES string of the molecule is COc1ccc(NC(=O)/C(C#N)=C/c2ccc(OC(=O)c3cccc4ccccc34)c(OC)c2)c([N+](=O)[O-])c1. The molecule has 10 nitrogen and oxygen atoms in total. The molecule has 4 aromatic rings. The van der Waals surface area contributed by atoms with Crippen LogP contribution >= 0.6 is 0 Å². The summed E-state index contributed by atoms with van der Waals surface area (Å²) in [5, 5.41) is 25.0. The third kappa shape index (κ3) is 5.84. The second kappa shape index (κ2) is 11.6. The van der Waals surface area contributed by atoms with Gasteiger partial charge >= 0.3 is 5.97 Å². The van der Waals surface area contributed by atoms with Crippen molar-refractivity contribution in [3.05, 3.63) is 106 Å². The van der Waals surface area contributed by atoms with Crippen molar-refractivity contribution in [2.24, 2.45) is 0 Å². The molecule has 1 amide bonds. The number of nitrogens with one attached hydrogen (secondary N) is 1. The Balaban J connectivity index is 1.57. The van der Waals surface area contributed by atoms with Gasteiger partial charge in [-0.1, -0.05) is 42.5 Å². The number of carbonyl (C=O) groups excluding carboxylic acids is 2. The predicted octanol–water partition coefficient (Wildman–Crippen LogP) is 5.53. The zero-order valence-corrected chi connectivity index (χ0v) is 20.8. The van der Waals surface area contributed by atoms with Gasteiger partial charge in [0.2, 0.25) is 0 Å². The Labute approximate surface area is 222 Å². The highest BCUT2D eigenvalue weighted by Gasteiger charge is 2.20. The quantitative estimate of drug-likeness (QED) is 0.0794. The maximum Gasteiger partial charge on any atom is 0.344 e. The fourth-order valence-corrected chi connectivity index (χ4v) is 3.82. The van der Waals surface area contributed by atoms with Gasteiger partial charge in [0.1, 0.15) is 23.1 Å². The number of ether oxygens (including phenoxy) is 3. The molecule has 4 aromatic carbocycles. The molecule has 0 aliphatic heterocycles. The molecular formula is C29H21N3O7. The normalized spacial score (nSPS) is 10.8. The molecule has 0 spiro atoms. The largest absolute Gasteiger partial charge is 0.496 e. The van der Waals surface area contributed by atoms with E-state index in [1.165, 1.54) is 50.6 Å². The highest BCUT2D eigenvalue weighted by atomic mass is 16.6. The third-order valence-corrected chi connectivity index (χ3v) is 5.73. The Kier molecular flexibility index (Phi) is 7.83. The predicted molar refractivity (Wildman–Crippen MR) is 144 cm³/mol. The minimum atomic E-state index is -0.851. The first-order chi connectivity index (χ1) is 18.8. The van der Waals surface area contributed by atoms with Crippen molar-refractivity contribution in [2.45, 2.75) is 0 Å². The van der Waals surface area contributed by atoms with Gasteiger partial charge < -0.3 is 19.5 Å². The van der Waals surface area contributed by atoms with Gasteiger partial charge in [-0.15, -0.1) is 0 Å². The van der Waals surface area contributed by atoms with Crippen molar-refractivity contribution in [1.82, 2.24) is 0 Å². The second-order valence-corrected chi connectivity index (χ2v) is 8.09. The molecule has 39 heavy (non-hydrogen) atoms. The molecule has 0 aliphatic carbocycles. The average molecular weight is 524 g/mol. The molecule has 0 saturated heterocycles. The first-order valence-electron chi connectivity index (χ1n) is 11.5. The number of carbonyl (C=O) groups is 2. The number of nitro groups is 1. The van der Waals surface area contributed by atoms with E-state index in [1.54, 1.807) is 18.2 Å². The lowest BCUT2D eigenvalue weighted by atomic mass is 10.0. The summed E-state index contributed by atoms with van der Waals surface area (Å²) in [5.41, 5.74) is -0.0233. The van der Waals surface area contributed by atoms with E-state index in [4.69, 9.17) is 14.2 Å². The van der Waals surface area contributed by atoms with Gasteiger partial charge in [0, 0.05) is 0 Å². The molecular weight excluding hydrogens is 502 g/mol. The van der Waals surface area contributed by atoms with E-state index in [2.05, 4.69) is 5.32 Å². The van der Waals surface area contributed by atoms with Crippen molar-refractivity contribution in [3.63, 3.8) is 0 Å². The number of hydrogen-bond acceptors (Lipinski definition) is 8. The first kappa shape index (κ1) is 26.4. The first-order valence-corrected chi connectivity index (χ1v) is 11.5. The second-order valence-electron chi connectivity index (χ2n) is 8.09.